The number of nitro groups is 1. The van der Waals surface area contributed by atoms with Crippen LogP contribution in [0.2, 0.25) is 0 Å². The molecule has 2 aromatic carbocycles. The molecule has 0 N–H and O–H groups in total. The van der Waals surface area contributed by atoms with Crippen LogP contribution in [-0.4, -0.2) is 21.6 Å². The van der Waals surface area contributed by atoms with Crippen molar-refractivity contribution in [3.8, 4) is 11.4 Å². The number of hydrogen-bond acceptors (Lipinski definition) is 7. The Kier molecular flexibility index (Phi) is 6.80. The zero-order valence-corrected chi connectivity index (χ0v) is 20.2. The van der Waals surface area contributed by atoms with Crippen molar-refractivity contribution in [2.45, 2.75) is 37.6 Å². The molecule has 0 aliphatic carbocycles. The molecule has 9 heteroatoms. The molecule has 0 amide bonds. The van der Waals surface area contributed by atoms with Crippen molar-refractivity contribution in [1.82, 2.24) is 9.55 Å². The van der Waals surface area contributed by atoms with Gasteiger partial charge in [-0.15, -0.1) is 11.3 Å². The third-order valence-corrected chi connectivity index (χ3v) is 7.61. The van der Waals surface area contributed by atoms with Gasteiger partial charge in [-0.25, -0.2) is 4.98 Å². The maximum atomic E-state index is 13.7. The fraction of sp³-hybridized carbons (Fsp3) is 0.250. The summed E-state index contributed by atoms with van der Waals surface area (Å²) in [4.78, 5) is 31.0. The van der Waals surface area contributed by atoms with Gasteiger partial charge in [0.05, 0.1) is 23.1 Å². The third kappa shape index (κ3) is 4.65. The Balaban J connectivity index is 1.80. The first kappa shape index (κ1) is 23.0. The maximum Gasteiger partial charge on any atom is 0.269 e. The molecule has 0 saturated carbocycles. The Hall–Kier alpha value is -3.17. The fourth-order valence-corrected chi connectivity index (χ4v) is 5.88. The van der Waals surface area contributed by atoms with Crippen LogP contribution in [0.5, 0.6) is 5.75 Å². The van der Waals surface area contributed by atoms with E-state index in [-0.39, 0.29) is 11.2 Å². The Morgan fingerprint density at radius 1 is 1.15 bits per heavy atom. The van der Waals surface area contributed by atoms with Gasteiger partial charge in [-0.3, -0.25) is 19.5 Å². The van der Waals surface area contributed by atoms with Gasteiger partial charge in [-0.2, -0.15) is 0 Å². The Labute approximate surface area is 199 Å². The molecule has 0 spiro atoms. The van der Waals surface area contributed by atoms with E-state index in [0.717, 1.165) is 28.8 Å². The number of ether oxygens (including phenoxy) is 1. The number of nitrogens with zero attached hydrogens (tertiary/aromatic N) is 3. The zero-order valence-electron chi connectivity index (χ0n) is 18.5. The van der Waals surface area contributed by atoms with Crippen molar-refractivity contribution in [2.75, 3.05) is 7.11 Å². The molecule has 0 radical (unpaired) electrons. The summed E-state index contributed by atoms with van der Waals surface area (Å²) in [6, 6.07) is 13.8. The lowest BCUT2D eigenvalue weighted by molar-refractivity contribution is -0.384. The standard InChI is InChI=1S/C24H23N3O4S2/c1-4-5-20-15(2)21-22(33-20)25-24(32-14-16-6-8-18(9-7-16)27(29)30)26(23(21)28)17-10-12-19(31-3)13-11-17/h6-13H,4-5,14H2,1-3H3. The highest BCUT2D eigenvalue weighted by Crippen LogP contribution is 2.32. The molecule has 4 aromatic rings. The fourth-order valence-electron chi connectivity index (χ4n) is 3.59. The number of thiophene rings is 1. The topological polar surface area (TPSA) is 87.3 Å². The second-order valence-electron chi connectivity index (χ2n) is 7.53. The number of benzene rings is 2. The van der Waals surface area contributed by atoms with Crippen LogP contribution in [0.25, 0.3) is 15.9 Å². The van der Waals surface area contributed by atoms with Crippen molar-refractivity contribution in [2.24, 2.45) is 0 Å². The third-order valence-electron chi connectivity index (χ3n) is 5.36. The predicted molar refractivity (Wildman–Crippen MR) is 133 cm³/mol. The highest BCUT2D eigenvalue weighted by molar-refractivity contribution is 7.98. The Bertz CT molecular complexity index is 1360. The van der Waals surface area contributed by atoms with Crippen LogP contribution in [0.15, 0.2) is 58.5 Å². The van der Waals surface area contributed by atoms with E-state index < -0.39 is 4.92 Å². The van der Waals surface area contributed by atoms with Crippen molar-refractivity contribution < 1.29 is 9.66 Å². The number of hydrogen-bond donors (Lipinski definition) is 0. The molecule has 0 fully saturated rings. The minimum absolute atomic E-state index is 0.0518. The van der Waals surface area contributed by atoms with Gasteiger partial charge in [0.25, 0.3) is 11.2 Å². The van der Waals surface area contributed by atoms with Crippen molar-refractivity contribution >= 4 is 39.0 Å². The van der Waals surface area contributed by atoms with Gasteiger partial charge in [0, 0.05) is 22.8 Å². The van der Waals surface area contributed by atoms with E-state index in [4.69, 9.17) is 9.72 Å². The van der Waals surface area contributed by atoms with Crippen LogP contribution in [0.1, 0.15) is 29.3 Å². The van der Waals surface area contributed by atoms with Crippen LogP contribution in [0, 0.1) is 17.0 Å². The van der Waals surface area contributed by atoms with E-state index >= 15 is 0 Å². The van der Waals surface area contributed by atoms with E-state index in [1.54, 1.807) is 35.1 Å². The first-order chi connectivity index (χ1) is 15.9. The number of fused-ring (bicyclic) bond motifs is 1. The van der Waals surface area contributed by atoms with E-state index in [1.165, 1.54) is 28.8 Å². The van der Waals surface area contributed by atoms with Crippen LogP contribution < -0.4 is 10.3 Å². The molecule has 0 saturated heterocycles. The number of non-ortho nitro benzene ring substituents is 1. The molecule has 2 heterocycles. The summed E-state index contributed by atoms with van der Waals surface area (Å²) in [6.45, 7) is 4.12. The lowest BCUT2D eigenvalue weighted by Gasteiger charge is -2.13. The minimum Gasteiger partial charge on any atom is -0.497 e. The number of rotatable bonds is 8. The average Bonchev–Trinajstić information content (AvgIpc) is 3.13. The van der Waals surface area contributed by atoms with E-state index in [0.29, 0.717) is 27.7 Å². The molecule has 33 heavy (non-hydrogen) atoms. The van der Waals surface area contributed by atoms with Crippen LogP contribution in [-0.2, 0) is 12.2 Å². The molecule has 0 unspecified atom stereocenters. The second kappa shape index (κ2) is 9.76. The number of methoxy groups -OCH3 is 1. The molecule has 4 rings (SSSR count). The molecule has 170 valence electrons. The van der Waals surface area contributed by atoms with Crippen LogP contribution in [0.4, 0.5) is 5.69 Å². The normalized spacial score (nSPS) is 11.1. The first-order valence-electron chi connectivity index (χ1n) is 10.5. The maximum absolute atomic E-state index is 13.7. The molecule has 0 atom stereocenters. The summed E-state index contributed by atoms with van der Waals surface area (Å²) in [6.07, 6.45) is 1.92. The Morgan fingerprint density at radius 2 is 1.85 bits per heavy atom. The van der Waals surface area contributed by atoms with Gasteiger partial charge >= 0.3 is 0 Å². The van der Waals surface area contributed by atoms with Crippen LogP contribution >= 0.6 is 23.1 Å². The molecule has 0 aliphatic heterocycles. The molecular weight excluding hydrogens is 458 g/mol. The Morgan fingerprint density at radius 3 is 2.45 bits per heavy atom. The minimum atomic E-state index is -0.416. The van der Waals surface area contributed by atoms with E-state index in [9.17, 15) is 14.9 Å². The summed E-state index contributed by atoms with van der Waals surface area (Å²) in [5.74, 6) is 1.23. The summed E-state index contributed by atoms with van der Waals surface area (Å²) >= 11 is 3.01. The summed E-state index contributed by atoms with van der Waals surface area (Å²) in [5.41, 5.74) is 2.59. The van der Waals surface area contributed by atoms with Gasteiger partial charge < -0.3 is 4.74 Å². The average molecular weight is 482 g/mol. The highest BCUT2D eigenvalue weighted by atomic mass is 32.2. The van der Waals surface area contributed by atoms with Crippen molar-refractivity contribution in [3.05, 3.63) is 85.0 Å². The lowest BCUT2D eigenvalue weighted by atomic mass is 10.1. The van der Waals surface area contributed by atoms with Gasteiger partial charge in [-0.05, 0) is 48.7 Å². The van der Waals surface area contributed by atoms with Gasteiger partial charge in [-0.1, -0.05) is 37.2 Å². The number of nitro benzene ring substituents is 1. The molecule has 7 nitrogen and oxygen atoms in total. The number of thioether (sulfide) groups is 1. The lowest BCUT2D eigenvalue weighted by Crippen LogP contribution is -2.21. The number of aromatic nitrogens is 2. The zero-order chi connectivity index (χ0) is 23.5. The smallest absolute Gasteiger partial charge is 0.269 e. The highest BCUT2D eigenvalue weighted by Gasteiger charge is 2.19. The van der Waals surface area contributed by atoms with Gasteiger partial charge in [0.1, 0.15) is 10.6 Å². The number of aryl methyl sites for hydroxylation is 2. The quantitative estimate of drug-likeness (QED) is 0.134. The molecule has 0 bridgehead atoms. The summed E-state index contributed by atoms with van der Waals surface area (Å²) in [7, 11) is 1.60. The van der Waals surface area contributed by atoms with Crippen LogP contribution in [0.3, 0.4) is 0 Å². The predicted octanol–water partition coefficient (Wildman–Crippen LogP) is 5.92. The largest absolute Gasteiger partial charge is 0.497 e. The molecular formula is C24H23N3O4S2. The van der Waals surface area contributed by atoms with Crippen molar-refractivity contribution in [1.29, 1.82) is 0 Å². The first-order valence-corrected chi connectivity index (χ1v) is 12.3. The SMILES string of the molecule is CCCc1sc2nc(SCc3ccc([N+](=O)[O-])cc3)n(-c3ccc(OC)cc3)c(=O)c2c1C. The van der Waals surface area contributed by atoms with Gasteiger partial charge in [0.15, 0.2) is 5.16 Å². The van der Waals surface area contributed by atoms with E-state index in [1.807, 2.05) is 31.2 Å². The summed E-state index contributed by atoms with van der Waals surface area (Å²) < 4.78 is 6.91. The summed E-state index contributed by atoms with van der Waals surface area (Å²) in [5, 5.41) is 12.2. The van der Waals surface area contributed by atoms with E-state index in [2.05, 4.69) is 6.92 Å². The molecule has 2 aromatic heterocycles. The molecule has 0 aliphatic rings. The monoisotopic (exact) mass is 481 g/mol. The van der Waals surface area contributed by atoms with Crippen molar-refractivity contribution in [3.63, 3.8) is 0 Å². The van der Waals surface area contributed by atoms with Gasteiger partial charge in [0.2, 0.25) is 0 Å². The second-order valence-corrected chi connectivity index (χ2v) is 9.55.